The summed E-state index contributed by atoms with van der Waals surface area (Å²) in [5.74, 6) is 0.571. The van der Waals surface area contributed by atoms with E-state index in [9.17, 15) is 4.79 Å². The second-order valence-electron chi connectivity index (χ2n) is 4.31. The molecular weight excluding hydrogens is 260 g/mol. The molecule has 5 heteroatoms. The molecule has 0 radical (unpaired) electrons. The van der Waals surface area contributed by atoms with E-state index in [1.165, 1.54) is 11.3 Å². The van der Waals surface area contributed by atoms with Crippen molar-refractivity contribution in [1.82, 2.24) is 4.98 Å². The van der Waals surface area contributed by atoms with Crippen molar-refractivity contribution in [3.8, 4) is 5.75 Å². The molecule has 19 heavy (non-hydrogen) atoms. The molecular formula is C14H16N2O2S. The fourth-order valence-electron chi connectivity index (χ4n) is 1.71. The predicted octanol–water partition coefficient (Wildman–Crippen LogP) is 3.17. The molecule has 1 heterocycles. The Morgan fingerprint density at radius 1 is 1.37 bits per heavy atom. The van der Waals surface area contributed by atoms with Crippen molar-refractivity contribution in [3.63, 3.8) is 0 Å². The van der Waals surface area contributed by atoms with Crippen LogP contribution in [0, 0.1) is 13.8 Å². The van der Waals surface area contributed by atoms with Crippen LogP contribution in [0.25, 0.3) is 0 Å². The zero-order valence-electron chi connectivity index (χ0n) is 11.1. The van der Waals surface area contributed by atoms with E-state index in [0.717, 1.165) is 16.9 Å². The largest absolute Gasteiger partial charge is 0.480 e. The summed E-state index contributed by atoms with van der Waals surface area (Å²) in [6.07, 6.45) is 1.08. The molecule has 1 N–H and O–H groups in total. The minimum absolute atomic E-state index is 0.197. The molecule has 0 spiro atoms. The molecule has 0 saturated heterocycles. The van der Waals surface area contributed by atoms with Gasteiger partial charge in [-0.2, -0.15) is 0 Å². The monoisotopic (exact) mass is 276 g/mol. The third kappa shape index (κ3) is 3.32. The number of amides is 1. The van der Waals surface area contributed by atoms with E-state index in [2.05, 4.69) is 10.3 Å². The summed E-state index contributed by atoms with van der Waals surface area (Å²) < 4.78 is 5.75. The van der Waals surface area contributed by atoms with Crippen LogP contribution in [0.2, 0.25) is 0 Å². The van der Waals surface area contributed by atoms with Gasteiger partial charge in [-0.3, -0.25) is 10.1 Å². The molecule has 0 saturated carbocycles. The van der Waals surface area contributed by atoms with E-state index in [1.807, 2.05) is 37.4 Å². The van der Waals surface area contributed by atoms with Crippen molar-refractivity contribution in [2.45, 2.75) is 26.9 Å². The van der Waals surface area contributed by atoms with Gasteiger partial charge >= 0.3 is 0 Å². The van der Waals surface area contributed by atoms with Crippen LogP contribution in [-0.4, -0.2) is 17.0 Å². The molecule has 2 rings (SSSR count). The fourth-order valence-corrected chi connectivity index (χ4v) is 2.24. The Hall–Kier alpha value is -1.88. The Labute approximate surface area is 116 Å². The minimum Gasteiger partial charge on any atom is -0.480 e. The lowest BCUT2D eigenvalue weighted by atomic mass is 10.1. The first-order chi connectivity index (χ1) is 9.08. The maximum absolute atomic E-state index is 12.0. The van der Waals surface area contributed by atoms with E-state index >= 15 is 0 Å². The summed E-state index contributed by atoms with van der Waals surface area (Å²) in [6.45, 7) is 5.66. The molecule has 2 aromatic rings. The molecule has 0 aliphatic heterocycles. The molecule has 0 aliphatic rings. The van der Waals surface area contributed by atoms with Crippen LogP contribution < -0.4 is 10.1 Å². The third-order valence-electron chi connectivity index (χ3n) is 2.74. The van der Waals surface area contributed by atoms with Crippen LogP contribution in [0.4, 0.5) is 5.13 Å². The molecule has 0 aliphatic carbocycles. The first-order valence-electron chi connectivity index (χ1n) is 6.01. The number of benzene rings is 1. The van der Waals surface area contributed by atoms with E-state index in [-0.39, 0.29) is 5.91 Å². The number of hydrogen-bond acceptors (Lipinski definition) is 4. The second-order valence-corrected chi connectivity index (χ2v) is 5.20. The molecule has 1 atom stereocenters. The summed E-state index contributed by atoms with van der Waals surface area (Å²) >= 11 is 1.38. The number of carbonyl (C=O) groups is 1. The summed E-state index contributed by atoms with van der Waals surface area (Å²) in [7, 11) is 0. The Morgan fingerprint density at radius 2 is 2.05 bits per heavy atom. The molecule has 1 aromatic heterocycles. The lowest BCUT2D eigenvalue weighted by molar-refractivity contribution is -0.122. The number of aromatic nitrogens is 1. The highest BCUT2D eigenvalue weighted by Gasteiger charge is 2.17. The van der Waals surface area contributed by atoms with E-state index in [4.69, 9.17) is 4.74 Å². The van der Waals surface area contributed by atoms with E-state index < -0.39 is 6.10 Å². The van der Waals surface area contributed by atoms with Gasteiger partial charge in [0.05, 0.1) is 0 Å². The normalized spacial score (nSPS) is 11.9. The van der Waals surface area contributed by atoms with Gasteiger partial charge in [-0.25, -0.2) is 4.98 Å². The number of para-hydroxylation sites is 1. The maximum atomic E-state index is 12.0. The topological polar surface area (TPSA) is 51.2 Å². The molecule has 0 fully saturated rings. The van der Waals surface area contributed by atoms with Gasteiger partial charge in [0.15, 0.2) is 11.2 Å². The highest BCUT2D eigenvalue weighted by atomic mass is 32.1. The van der Waals surface area contributed by atoms with Crippen molar-refractivity contribution >= 4 is 22.4 Å². The first-order valence-corrected chi connectivity index (χ1v) is 6.89. The standard InChI is InChI=1S/C14H16N2O2S/c1-9-5-4-6-10(2)12(9)18-11(3)13(17)16-14-15-7-8-19-14/h4-8,11H,1-3H3,(H,15,16,17)/t11-/m0/s1. The number of aryl methyl sites for hydroxylation is 2. The van der Waals surface area contributed by atoms with Crippen LogP contribution in [0.3, 0.4) is 0 Å². The average Bonchev–Trinajstić information content (AvgIpc) is 2.86. The van der Waals surface area contributed by atoms with Crippen LogP contribution >= 0.6 is 11.3 Å². The van der Waals surface area contributed by atoms with Gasteiger partial charge in [0.1, 0.15) is 5.75 Å². The summed E-state index contributed by atoms with van der Waals surface area (Å²) in [4.78, 5) is 16.0. The molecule has 1 aromatic carbocycles. The highest BCUT2D eigenvalue weighted by molar-refractivity contribution is 7.13. The first kappa shape index (κ1) is 13.5. The van der Waals surface area contributed by atoms with Crippen LogP contribution in [0.15, 0.2) is 29.8 Å². The number of rotatable bonds is 4. The SMILES string of the molecule is Cc1cccc(C)c1O[C@@H](C)C(=O)Nc1nccs1. The number of nitrogens with one attached hydrogen (secondary N) is 1. The Bertz CT molecular complexity index is 547. The number of carbonyl (C=O) groups excluding carboxylic acids is 1. The average molecular weight is 276 g/mol. The molecule has 4 nitrogen and oxygen atoms in total. The van der Waals surface area contributed by atoms with E-state index in [1.54, 1.807) is 13.1 Å². The predicted molar refractivity (Wildman–Crippen MR) is 76.7 cm³/mol. The van der Waals surface area contributed by atoms with Crippen molar-refractivity contribution in [2.24, 2.45) is 0 Å². The number of ether oxygens (including phenoxy) is 1. The van der Waals surface area contributed by atoms with Crippen LogP contribution in [0.5, 0.6) is 5.75 Å². The van der Waals surface area contributed by atoms with Gasteiger partial charge in [-0.15, -0.1) is 11.3 Å². The molecule has 0 unspecified atom stereocenters. The second kappa shape index (κ2) is 5.84. The Balaban J connectivity index is 2.04. The zero-order valence-corrected chi connectivity index (χ0v) is 12.0. The van der Waals surface area contributed by atoms with Gasteiger partial charge in [0, 0.05) is 11.6 Å². The van der Waals surface area contributed by atoms with Crippen molar-refractivity contribution in [2.75, 3.05) is 5.32 Å². The van der Waals surface area contributed by atoms with Gasteiger partial charge in [0.2, 0.25) is 0 Å². The Morgan fingerprint density at radius 3 is 2.63 bits per heavy atom. The number of anilines is 1. The van der Waals surface area contributed by atoms with Gasteiger partial charge in [0.25, 0.3) is 5.91 Å². The number of thiazole rings is 1. The molecule has 1 amide bonds. The van der Waals surface area contributed by atoms with Crippen LogP contribution in [0.1, 0.15) is 18.1 Å². The van der Waals surface area contributed by atoms with Crippen molar-refractivity contribution < 1.29 is 9.53 Å². The van der Waals surface area contributed by atoms with Crippen LogP contribution in [-0.2, 0) is 4.79 Å². The third-order valence-corrected chi connectivity index (χ3v) is 3.42. The molecule has 0 bridgehead atoms. The van der Waals surface area contributed by atoms with Crippen molar-refractivity contribution in [3.05, 3.63) is 40.9 Å². The number of hydrogen-bond donors (Lipinski definition) is 1. The smallest absolute Gasteiger partial charge is 0.266 e. The number of nitrogens with zero attached hydrogens (tertiary/aromatic N) is 1. The zero-order chi connectivity index (χ0) is 13.8. The van der Waals surface area contributed by atoms with E-state index in [0.29, 0.717) is 5.13 Å². The maximum Gasteiger partial charge on any atom is 0.266 e. The quantitative estimate of drug-likeness (QED) is 0.933. The lowest BCUT2D eigenvalue weighted by Crippen LogP contribution is -2.30. The van der Waals surface area contributed by atoms with Gasteiger partial charge in [-0.05, 0) is 31.9 Å². The minimum atomic E-state index is -0.566. The van der Waals surface area contributed by atoms with Crippen molar-refractivity contribution in [1.29, 1.82) is 0 Å². The van der Waals surface area contributed by atoms with Gasteiger partial charge < -0.3 is 4.74 Å². The summed E-state index contributed by atoms with van der Waals surface area (Å²) in [5, 5.41) is 5.12. The fraction of sp³-hybridized carbons (Fsp3) is 0.286. The Kier molecular flexibility index (Phi) is 4.16. The van der Waals surface area contributed by atoms with Gasteiger partial charge in [-0.1, -0.05) is 18.2 Å². The lowest BCUT2D eigenvalue weighted by Gasteiger charge is -2.17. The summed E-state index contributed by atoms with van der Waals surface area (Å²) in [5.41, 5.74) is 2.04. The summed E-state index contributed by atoms with van der Waals surface area (Å²) in [6, 6.07) is 5.90. The highest BCUT2D eigenvalue weighted by Crippen LogP contribution is 2.23. The molecule has 100 valence electrons.